The Kier molecular flexibility index (Phi) is 4.47. The van der Waals surface area contributed by atoms with Gasteiger partial charge in [-0.15, -0.1) is 0 Å². The van der Waals surface area contributed by atoms with Gasteiger partial charge in [0.15, 0.2) is 0 Å². The zero-order valence-electron chi connectivity index (χ0n) is 12.8. The van der Waals surface area contributed by atoms with Gasteiger partial charge in [0.2, 0.25) is 0 Å². The third kappa shape index (κ3) is 3.73. The molecule has 0 bridgehead atoms. The van der Waals surface area contributed by atoms with Gasteiger partial charge < -0.3 is 14.9 Å². The quantitative estimate of drug-likeness (QED) is 0.565. The molecule has 4 nitrogen and oxygen atoms in total. The van der Waals surface area contributed by atoms with E-state index in [1.165, 1.54) is 24.3 Å². The lowest BCUT2D eigenvalue weighted by atomic mass is 10.0. The van der Waals surface area contributed by atoms with Crippen LogP contribution < -0.4 is 4.74 Å². The predicted octanol–water partition coefficient (Wildman–Crippen LogP) is 3.91. The van der Waals surface area contributed by atoms with E-state index in [2.05, 4.69) is 0 Å². The summed E-state index contributed by atoms with van der Waals surface area (Å²) < 4.78 is 5.50. The van der Waals surface area contributed by atoms with Crippen molar-refractivity contribution < 1.29 is 19.7 Å². The zero-order chi connectivity index (χ0) is 16.9. The van der Waals surface area contributed by atoms with Crippen LogP contribution in [0.25, 0.3) is 0 Å². The molecule has 24 heavy (non-hydrogen) atoms. The van der Waals surface area contributed by atoms with Crippen LogP contribution in [-0.2, 0) is 6.42 Å². The Morgan fingerprint density at radius 3 is 2.04 bits per heavy atom. The lowest BCUT2D eigenvalue weighted by Gasteiger charge is -2.10. The average molecular weight is 320 g/mol. The summed E-state index contributed by atoms with van der Waals surface area (Å²) in [5, 5.41) is 18.6. The van der Waals surface area contributed by atoms with Crippen molar-refractivity contribution in [2.75, 3.05) is 0 Å². The molecule has 3 aromatic carbocycles. The molecule has 3 aromatic rings. The van der Waals surface area contributed by atoms with Gasteiger partial charge in [-0.05, 0) is 53.6 Å². The number of phenolic OH excluding ortho intramolecular Hbond substituents is 2. The lowest BCUT2D eigenvalue weighted by Crippen LogP contribution is -2.09. The van der Waals surface area contributed by atoms with Gasteiger partial charge in [0, 0.05) is 6.42 Å². The van der Waals surface area contributed by atoms with Crippen molar-refractivity contribution in [3.63, 3.8) is 0 Å². The highest BCUT2D eigenvalue weighted by molar-refractivity contribution is 5.91. The average Bonchev–Trinajstić information content (AvgIpc) is 2.59. The second kappa shape index (κ2) is 6.87. The first-order valence-electron chi connectivity index (χ1n) is 7.49. The van der Waals surface area contributed by atoms with Crippen LogP contribution in [0.4, 0.5) is 0 Å². The van der Waals surface area contributed by atoms with E-state index < -0.39 is 5.97 Å². The molecule has 0 unspecified atom stereocenters. The minimum Gasteiger partial charge on any atom is -0.508 e. The van der Waals surface area contributed by atoms with Crippen LogP contribution in [0.5, 0.6) is 17.2 Å². The van der Waals surface area contributed by atoms with Crippen molar-refractivity contribution in [2.45, 2.75) is 6.42 Å². The molecular formula is C20H16O4. The molecular weight excluding hydrogens is 304 g/mol. The number of ether oxygens (including phenoxy) is 1. The van der Waals surface area contributed by atoms with E-state index in [9.17, 15) is 15.0 Å². The molecule has 3 rings (SSSR count). The van der Waals surface area contributed by atoms with Crippen LogP contribution in [0.15, 0.2) is 72.8 Å². The van der Waals surface area contributed by atoms with Gasteiger partial charge in [-0.25, -0.2) is 4.79 Å². The Morgan fingerprint density at radius 1 is 0.792 bits per heavy atom. The van der Waals surface area contributed by atoms with Crippen molar-refractivity contribution in [2.24, 2.45) is 0 Å². The van der Waals surface area contributed by atoms with Crippen LogP contribution in [0.1, 0.15) is 21.5 Å². The molecule has 0 atom stereocenters. The third-order valence-electron chi connectivity index (χ3n) is 3.61. The maximum atomic E-state index is 12.2. The minimum absolute atomic E-state index is 0.0966. The molecule has 0 aliphatic carbocycles. The standard InChI is InChI=1S/C20H16O4/c21-17-9-5-14(6-10-17)13-16-3-1-2-4-19(16)24-20(23)15-7-11-18(22)12-8-15/h1-12,21-22H,13H2. The first-order valence-corrected chi connectivity index (χ1v) is 7.49. The highest BCUT2D eigenvalue weighted by Gasteiger charge is 2.12. The Hall–Kier alpha value is -3.27. The summed E-state index contributed by atoms with van der Waals surface area (Å²) in [5.74, 6) is 0.321. The first-order chi connectivity index (χ1) is 11.6. The number of hydrogen-bond donors (Lipinski definition) is 2. The van der Waals surface area contributed by atoms with E-state index >= 15 is 0 Å². The van der Waals surface area contributed by atoms with Gasteiger partial charge in [0.25, 0.3) is 0 Å². The molecule has 0 aromatic heterocycles. The van der Waals surface area contributed by atoms with E-state index in [1.54, 1.807) is 24.3 Å². The van der Waals surface area contributed by atoms with Crippen LogP contribution in [-0.4, -0.2) is 16.2 Å². The molecule has 120 valence electrons. The molecule has 0 saturated carbocycles. The van der Waals surface area contributed by atoms with Crippen LogP contribution >= 0.6 is 0 Å². The monoisotopic (exact) mass is 320 g/mol. The van der Waals surface area contributed by atoms with E-state index in [-0.39, 0.29) is 11.5 Å². The number of carbonyl (C=O) groups excluding carboxylic acids is 1. The molecule has 0 radical (unpaired) electrons. The van der Waals surface area contributed by atoms with E-state index in [0.717, 1.165) is 11.1 Å². The summed E-state index contributed by atoms with van der Waals surface area (Å²) in [7, 11) is 0. The number of aromatic hydroxyl groups is 2. The van der Waals surface area contributed by atoms with Crippen molar-refractivity contribution in [1.29, 1.82) is 0 Å². The molecule has 0 heterocycles. The Balaban J connectivity index is 1.79. The summed E-state index contributed by atoms with van der Waals surface area (Å²) in [6, 6.07) is 20.1. The van der Waals surface area contributed by atoms with E-state index in [0.29, 0.717) is 17.7 Å². The molecule has 2 N–H and O–H groups in total. The van der Waals surface area contributed by atoms with Gasteiger partial charge >= 0.3 is 5.97 Å². The molecule has 0 aliphatic rings. The molecule has 0 amide bonds. The number of rotatable bonds is 4. The highest BCUT2D eigenvalue weighted by Crippen LogP contribution is 2.23. The smallest absolute Gasteiger partial charge is 0.343 e. The number of phenols is 2. The van der Waals surface area contributed by atoms with Crippen LogP contribution in [0.2, 0.25) is 0 Å². The fraction of sp³-hybridized carbons (Fsp3) is 0.0500. The molecule has 0 aliphatic heterocycles. The van der Waals surface area contributed by atoms with Crippen LogP contribution in [0.3, 0.4) is 0 Å². The number of esters is 1. The van der Waals surface area contributed by atoms with Gasteiger partial charge in [0.05, 0.1) is 5.56 Å². The van der Waals surface area contributed by atoms with Gasteiger partial charge in [-0.1, -0.05) is 30.3 Å². The van der Waals surface area contributed by atoms with Gasteiger partial charge in [-0.2, -0.15) is 0 Å². The minimum atomic E-state index is -0.479. The summed E-state index contributed by atoms with van der Waals surface area (Å²) in [6.07, 6.45) is 0.583. The van der Waals surface area contributed by atoms with Crippen molar-refractivity contribution in [3.8, 4) is 17.2 Å². The number of benzene rings is 3. The highest BCUT2D eigenvalue weighted by atomic mass is 16.5. The second-order valence-corrected chi connectivity index (χ2v) is 5.39. The fourth-order valence-corrected chi connectivity index (χ4v) is 2.34. The first kappa shape index (κ1) is 15.6. The Labute approximate surface area is 139 Å². The summed E-state index contributed by atoms with van der Waals surface area (Å²) >= 11 is 0. The largest absolute Gasteiger partial charge is 0.508 e. The van der Waals surface area contributed by atoms with E-state index in [1.807, 2.05) is 24.3 Å². The third-order valence-corrected chi connectivity index (χ3v) is 3.61. The topological polar surface area (TPSA) is 66.8 Å². The second-order valence-electron chi connectivity index (χ2n) is 5.39. The maximum absolute atomic E-state index is 12.2. The molecule has 0 saturated heterocycles. The zero-order valence-corrected chi connectivity index (χ0v) is 12.8. The maximum Gasteiger partial charge on any atom is 0.343 e. The summed E-state index contributed by atoms with van der Waals surface area (Å²) in [6.45, 7) is 0. The number of para-hydroxylation sites is 1. The van der Waals surface area contributed by atoms with Crippen molar-refractivity contribution >= 4 is 5.97 Å². The number of hydrogen-bond acceptors (Lipinski definition) is 4. The molecule has 0 fully saturated rings. The number of carbonyl (C=O) groups is 1. The van der Waals surface area contributed by atoms with Crippen LogP contribution in [0, 0.1) is 0 Å². The Bertz CT molecular complexity index is 836. The Morgan fingerprint density at radius 2 is 1.38 bits per heavy atom. The predicted molar refractivity (Wildman–Crippen MR) is 90.4 cm³/mol. The normalized spacial score (nSPS) is 10.3. The van der Waals surface area contributed by atoms with Gasteiger partial charge in [0.1, 0.15) is 17.2 Å². The van der Waals surface area contributed by atoms with Gasteiger partial charge in [-0.3, -0.25) is 0 Å². The summed E-state index contributed by atoms with van der Waals surface area (Å²) in [4.78, 5) is 12.2. The lowest BCUT2D eigenvalue weighted by molar-refractivity contribution is 0.0733. The summed E-state index contributed by atoms with van der Waals surface area (Å²) in [5.41, 5.74) is 2.24. The van der Waals surface area contributed by atoms with E-state index in [4.69, 9.17) is 4.74 Å². The SMILES string of the molecule is O=C(Oc1ccccc1Cc1ccc(O)cc1)c1ccc(O)cc1. The molecule has 0 spiro atoms. The molecule has 4 heteroatoms. The van der Waals surface area contributed by atoms with Crippen molar-refractivity contribution in [1.82, 2.24) is 0 Å². The fourth-order valence-electron chi connectivity index (χ4n) is 2.34. The van der Waals surface area contributed by atoms with Crippen molar-refractivity contribution in [3.05, 3.63) is 89.5 Å².